The maximum atomic E-state index is 12.2. The number of amides is 1. The van der Waals surface area contributed by atoms with Gasteiger partial charge in [-0.3, -0.25) is 9.36 Å². The second kappa shape index (κ2) is 7.43. The van der Waals surface area contributed by atoms with Gasteiger partial charge in [0.15, 0.2) is 0 Å². The highest BCUT2D eigenvalue weighted by Gasteiger charge is 2.17. The molecule has 1 aromatic heterocycles. The number of aromatic nitrogens is 3. The first-order valence-corrected chi connectivity index (χ1v) is 7.44. The molecule has 1 heterocycles. The highest BCUT2D eigenvalue weighted by atomic mass is 35.5. The van der Waals surface area contributed by atoms with Crippen molar-refractivity contribution in [2.75, 3.05) is 13.7 Å². The van der Waals surface area contributed by atoms with E-state index < -0.39 is 0 Å². The van der Waals surface area contributed by atoms with Crippen LogP contribution in [0.2, 0.25) is 5.02 Å². The van der Waals surface area contributed by atoms with Crippen molar-refractivity contribution in [3.8, 4) is 0 Å². The van der Waals surface area contributed by atoms with Crippen molar-refractivity contribution in [1.29, 1.82) is 0 Å². The van der Waals surface area contributed by atoms with Crippen LogP contribution in [0.15, 0.2) is 29.1 Å². The van der Waals surface area contributed by atoms with Gasteiger partial charge in [0.05, 0.1) is 12.6 Å². The third-order valence-electron chi connectivity index (χ3n) is 3.49. The zero-order valence-electron chi connectivity index (χ0n) is 13.2. The van der Waals surface area contributed by atoms with E-state index in [0.717, 1.165) is 10.2 Å². The van der Waals surface area contributed by atoms with Gasteiger partial charge in [-0.2, -0.15) is 5.10 Å². The normalized spacial score (nSPS) is 12.2. The summed E-state index contributed by atoms with van der Waals surface area (Å²) in [4.78, 5) is 24.1. The van der Waals surface area contributed by atoms with E-state index in [2.05, 4.69) is 10.4 Å². The number of nitrogens with zero attached hydrogens (tertiary/aromatic N) is 3. The van der Waals surface area contributed by atoms with E-state index >= 15 is 0 Å². The molecule has 0 fully saturated rings. The average molecular weight is 339 g/mol. The smallest absolute Gasteiger partial charge is 0.346 e. The summed E-state index contributed by atoms with van der Waals surface area (Å²) in [5.41, 5.74) is 0.543. The molecular weight excluding hydrogens is 320 g/mol. The summed E-state index contributed by atoms with van der Waals surface area (Å²) in [7, 11) is 3.17. The van der Waals surface area contributed by atoms with Gasteiger partial charge in [0.1, 0.15) is 12.4 Å². The summed E-state index contributed by atoms with van der Waals surface area (Å²) in [6.45, 7) is 1.87. The Balaban J connectivity index is 2.10. The fourth-order valence-corrected chi connectivity index (χ4v) is 2.28. The molecule has 2 rings (SSSR count). The molecule has 0 radical (unpaired) electrons. The molecule has 1 atom stereocenters. The van der Waals surface area contributed by atoms with Crippen molar-refractivity contribution in [3.63, 3.8) is 0 Å². The number of benzene rings is 1. The Kier molecular flexibility index (Phi) is 5.57. The van der Waals surface area contributed by atoms with Crippen molar-refractivity contribution in [3.05, 3.63) is 51.2 Å². The number of carbonyl (C=O) groups excluding carboxylic acids is 1. The van der Waals surface area contributed by atoms with E-state index in [9.17, 15) is 9.59 Å². The molecule has 0 bridgehead atoms. The lowest BCUT2D eigenvalue weighted by molar-refractivity contribution is -0.123. The fraction of sp³-hybridized carbons (Fsp3) is 0.400. The van der Waals surface area contributed by atoms with Crippen molar-refractivity contribution in [2.45, 2.75) is 19.5 Å². The van der Waals surface area contributed by atoms with Crippen LogP contribution in [0.1, 0.15) is 17.4 Å². The molecule has 124 valence electrons. The number of methoxy groups -OCH3 is 1. The molecule has 1 amide bonds. The number of aryl methyl sites for hydroxylation is 1. The van der Waals surface area contributed by atoms with Gasteiger partial charge in [-0.1, -0.05) is 23.7 Å². The number of hydrogen-bond donors (Lipinski definition) is 1. The van der Waals surface area contributed by atoms with Gasteiger partial charge in [-0.15, -0.1) is 0 Å². The number of halogens is 1. The largest absolute Gasteiger partial charge is 0.382 e. The summed E-state index contributed by atoms with van der Waals surface area (Å²) < 4.78 is 7.67. The Hall–Kier alpha value is -2.12. The second-order valence-corrected chi connectivity index (χ2v) is 5.61. The number of nitrogens with one attached hydrogen (secondary N) is 1. The molecule has 8 heteroatoms. The lowest BCUT2D eigenvalue weighted by atomic mass is 10.1. The van der Waals surface area contributed by atoms with Crippen molar-refractivity contribution < 1.29 is 9.53 Å². The first-order chi connectivity index (χ1) is 10.9. The Morgan fingerprint density at radius 2 is 2.04 bits per heavy atom. The highest BCUT2D eigenvalue weighted by molar-refractivity contribution is 6.30. The molecule has 2 aromatic rings. The van der Waals surface area contributed by atoms with Gasteiger partial charge < -0.3 is 10.1 Å². The quantitative estimate of drug-likeness (QED) is 0.854. The topological polar surface area (TPSA) is 78.2 Å². The maximum Gasteiger partial charge on any atom is 0.346 e. The molecule has 0 aliphatic heterocycles. The fourth-order valence-electron chi connectivity index (χ4n) is 2.16. The zero-order valence-corrected chi connectivity index (χ0v) is 14.0. The Morgan fingerprint density at radius 1 is 1.39 bits per heavy atom. The molecule has 0 aliphatic carbocycles. The summed E-state index contributed by atoms with van der Waals surface area (Å²) in [5, 5.41) is 7.50. The van der Waals surface area contributed by atoms with E-state index in [1.165, 1.54) is 4.57 Å². The lowest BCUT2D eigenvalue weighted by Gasteiger charge is -2.18. The predicted octanol–water partition coefficient (Wildman–Crippen LogP) is 1.05. The van der Waals surface area contributed by atoms with Gasteiger partial charge in [0.2, 0.25) is 5.91 Å². The van der Waals surface area contributed by atoms with Crippen molar-refractivity contribution >= 4 is 17.5 Å². The standard InChI is InChI=1S/C15H19ClN4O3/c1-10-18-20(15(22)19(10)2)8-14(21)17-13(9-23-3)11-4-6-12(16)7-5-11/h4-7,13H,8-9H2,1-3H3,(H,17,21). The summed E-state index contributed by atoms with van der Waals surface area (Å²) in [6.07, 6.45) is 0. The van der Waals surface area contributed by atoms with Crippen LogP contribution in [-0.4, -0.2) is 34.0 Å². The Bertz CT molecular complexity index is 736. The summed E-state index contributed by atoms with van der Waals surface area (Å²) >= 11 is 5.87. The Labute approximate surface area is 138 Å². The van der Waals surface area contributed by atoms with E-state index in [1.807, 2.05) is 12.1 Å². The van der Waals surface area contributed by atoms with E-state index in [1.54, 1.807) is 33.2 Å². The van der Waals surface area contributed by atoms with Gasteiger partial charge in [-0.05, 0) is 24.6 Å². The van der Waals surface area contributed by atoms with Crippen molar-refractivity contribution in [1.82, 2.24) is 19.7 Å². The van der Waals surface area contributed by atoms with Crippen LogP contribution in [0.4, 0.5) is 0 Å². The monoisotopic (exact) mass is 338 g/mol. The minimum absolute atomic E-state index is 0.145. The lowest BCUT2D eigenvalue weighted by Crippen LogP contribution is -2.36. The molecule has 1 unspecified atom stereocenters. The minimum atomic E-state index is -0.328. The van der Waals surface area contributed by atoms with Gasteiger partial charge in [0.25, 0.3) is 0 Å². The van der Waals surface area contributed by atoms with E-state index in [0.29, 0.717) is 17.5 Å². The van der Waals surface area contributed by atoms with Gasteiger partial charge in [0, 0.05) is 19.2 Å². The van der Waals surface area contributed by atoms with Crippen molar-refractivity contribution in [2.24, 2.45) is 7.05 Å². The van der Waals surface area contributed by atoms with Gasteiger partial charge >= 0.3 is 5.69 Å². The zero-order chi connectivity index (χ0) is 17.0. The van der Waals surface area contributed by atoms with Crippen LogP contribution < -0.4 is 11.0 Å². The molecule has 1 aromatic carbocycles. The molecule has 23 heavy (non-hydrogen) atoms. The highest BCUT2D eigenvalue weighted by Crippen LogP contribution is 2.16. The first kappa shape index (κ1) is 17.2. The number of carbonyl (C=O) groups is 1. The minimum Gasteiger partial charge on any atom is -0.382 e. The average Bonchev–Trinajstić information content (AvgIpc) is 2.75. The molecular formula is C15H19ClN4O3. The van der Waals surface area contributed by atoms with Crippen LogP contribution in [0.25, 0.3) is 0 Å². The van der Waals surface area contributed by atoms with Gasteiger partial charge in [-0.25, -0.2) is 9.48 Å². The van der Waals surface area contributed by atoms with Crippen LogP contribution in [0.5, 0.6) is 0 Å². The molecule has 0 saturated heterocycles. The number of ether oxygens (including phenoxy) is 1. The summed E-state index contributed by atoms with van der Waals surface area (Å²) in [5.74, 6) is 0.233. The molecule has 1 N–H and O–H groups in total. The number of hydrogen-bond acceptors (Lipinski definition) is 4. The third kappa shape index (κ3) is 4.20. The third-order valence-corrected chi connectivity index (χ3v) is 3.74. The van der Waals surface area contributed by atoms with Crippen LogP contribution in [-0.2, 0) is 23.1 Å². The van der Waals surface area contributed by atoms with Crippen LogP contribution in [0, 0.1) is 6.92 Å². The number of rotatable bonds is 6. The molecule has 0 spiro atoms. The Morgan fingerprint density at radius 3 is 2.57 bits per heavy atom. The second-order valence-electron chi connectivity index (χ2n) is 5.17. The molecule has 0 saturated carbocycles. The summed E-state index contributed by atoms with van der Waals surface area (Å²) in [6, 6.07) is 6.81. The first-order valence-electron chi connectivity index (χ1n) is 7.06. The van der Waals surface area contributed by atoms with E-state index in [-0.39, 0.29) is 24.2 Å². The van der Waals surface area contributed by atoms with E-state index in [4.69, 9.17) is 16.3 Å². The molecule has 0 aliphatic rings. The predicted molar refractivity (Wildman–Crippen MR) is 86.4 cm³/mol. The molecule has 7 nitrogen and oxygen atoms in total. The van der Waals surface area contributed by atoms with Crippen LogP contribution in [0.3, 0.4) is 0 Å². The maximum absolute atomic E-state index is 12.2. The van der Waals surface area contributed by atoms with Crippen LogP contribution >= 0.6 is 11.6 Å². The SMILES string of the molecule is COCC(NC(=O)Cn1nc(C)n(C)c1=O)c1ccc(Cl)cc1.